The van der Waals surface area contributed by atoms with Gasteiger partial charge in [0, 0.05) is 23.7 Å². The Hall–Kier alpha value is -0.790. The van der Waals surface area contributed by atoms with Crippen molar-refractivity contribution in [2.75, 3.05) is 18.5 Å². The third-order valence-electron chi connectivity index (χ3n) is 3.39. The molecule has 1 aliphatic rings. The Morgan fingerprint density at radius 1 is 1.56 bits per heavy atom. The highest BCUT2D eigenvalue weighted by Crippen LogP contribution is 2.42. The molecule has 0 saturated heterocycles. The number of nitrogens with one attached hydrogen (secondary N) is 1. The van der Waals surface area contributed by atoms with Gasteiger partial charge in [-0.3, -0.25) is 4.98 Å². The second-order valence-electron chi connectivity index (χ2n) is 4.48. The van der Waals surface area contributed by atoms with Crippen molar-refractivity contribution in [3.8, 4) is 0 Å². The van der Waals surface area contributed by atoms with Crippen LogP contribution in [0, 0.1) is 0 Å². The number of hydrogen-bond acceptors (Lipinski definition) is 5. The van der Waals surface area contributed by atoms with Crippen molar-refractivity contribution in [2.24, 2.45) is 0 Å². The van der Waals surface area contributed by atoms with Crippen LogP contribution in [0.5, 0.6) is 0 Å². The number of nitrogens with two attached hydrogens (primary N) is 1. The van der Waals surface area contributed by atoms with E-state index in [0.717, 1.165) is 19.3 Å². The van der Waals surface area contributed by atoms with E-state index in [0.29, 0.717) is 6.54 Å². The molecular weight excluding hydrogens is 270 g/mol. The number of sulfonamides is 1. The Morgan fingerprint density at radius 2 is 2.28 bits per heavy atom. The van der Waals surface area contributed by atoms with Gasteiger partial charge in [0.1, 0.15) is 4.90 Å². The Morgan fingerprint density at radius 3 is 2.78 bits per heavy atom. The van der Waals surface area contributed by atoms with Crippen LogP contribution in [0.25, 0.3) is 0 Å². The predicted octanol–water partition coefficient (Wildman–Crippen LogP) is 1.23. The lowest BCUT2D eigenvalue weighted by Gasteiger charge is -2.40. The summed E-state index contributed by atoms with van der Waals surface area (Å²) in [6.45, 7) is 0.449. The van der Waals surface area contributed by atoms with Gasteiger partial charge in [-0.25, -0.2) is 13.1 Å². The van der Waals surface area contributed by atoms with E-state index in [1.54, 1.807) is 11.8 Å². The van der Waals surface area contributed by atoms with Crippen molar-refractivity contribution >= 4 is 27.5 Å². The molecular formula is C11H17N3O2S2. The molecule has 100 valence electrons. The molecule has 0 atom stereocenters. The van der Waals surface area contributed by atoms with E-state index in [1.807, 2.05) is 6.26 Å². The number of nitrogen functional groups attached to an aromatic ring is 1. The maximum absolute atomic E-state index is 12.1. The summed E-state index contributed by atoms with van der Waals surface area (Å²) in [5, 5.41) is 0. The van der Waals surface area contributed by atoms with Gasteiger partial charge in [0.25, 0.3) is 0 Å². The van der Waals surface area contributed by atoms with Crippen LogP contribution < -0.4 is 10.5 Å². The van der Waals surface area contributed by atoms with Gasteiger partial charge in [0.05, 0.1) is 5.69 Å². The summed E-state index contributed by atoms with van der Waals surface area (Å²) in [4.78, 5) is 3.86. The van der Waals surface area contributed by atoms with Crippen LogP contribution in [-0.4, -0.2) is 30.9 Å². The summed E-state index contributed by atoms with van der Waals surface area (Å²) in [5.41, 5.74) is 5.89. The fourth-order valence-corrected chi connectivity index (χ4v) is 4.15. The highest BCUT2D eigenvalue weighted by atomic mass is 32.2. The summed E-state index contributed by atoms with van der Waals surface area (Å²) < 4.78 is 26.9. The van der Waals surface area contributed by atoms with Gasteiger partial charge in [-0.1, -0.05) is 6.42 Å². The molecule has 0 unspecified atom stereocenters. The highest BCUT2D eigenvalue weighted by Gasteiger charge is 2.37. The first-order valence-corrected chi connectivity index (χ1v) is 8.44. The molecule has 0 radical (unpaired) electrons. The van der Waals surface area contributed by atoms with Gasteiger partial charge in [-0.15, -0.1) is 0 Å². The number of aromatic nitrogens is 1. The highest BCUT2D eigenvalue weighted by molar-refractivity contribution is 8.00. The molecule has 18 heavy (non-hydrogen) atoms. The quantitative estimate of drug-likeness (QED) is 0.850. The van der Waals surface area contributed by atoms with Crippen molar-refractivity contribution in [3.05, 3.63) is 18.5 Å². The van der Waals surface area contributed by atoms with Crippen molar-refractivity contribution in [1.82, 2.24) is 9.71 Å². The second-order valence-corrected chi connectivity index (χ2v) is 7.49. The monoisotopic (exact) mass is 287 g/mol. The SMILES string of the molecule is CSC1(CNS(=O)(=O)c2cnccc2N)CCC1. The van der Waals surface area contributed by atoms with E-state index >= 15 is 0 Å². The van der Waals surface area contributed by atoms with Gasteiger partial charge < -0.3 is 5.73 Å². The fraction of sp³-hybridized carbons (Fsp3) is 0.545. The first-order chi connectivity index (χ1) is 8.49. The van der Waals surface area contributed by atoms with E-state index in [1.165, 1.54) is 18.5 Å². The summed E-state index contributed by atoms with van der Waals surface area (Å²) in [6.07, 6.45) is 8.05. The van der Waals surface area contributed by atoms with E-state index in [9.17, 15) is 8.42 Å². The van der Waals surface area contributed by atoms with E-state index in [4.69, 9.17) is 5.73 Å². The lowest BCUT2D eigenvalue weighted by atomic mass is 9.84. The topological polar surface area (TPSA) is 85.1 Å². The standard InChI is InChI=1S/C11H17N3O2S2/c1-17-11(4-2-5-11)8-14-18(15,16)10-7-13-6-3-9(10)12/h3,6-7,14H,2,4-5,8H2,1H3,(H2,12,13). The minimum atomic E-state index is -3.56. The molecule has 1 aliphatic carbocycles. The molecule has 0 bridgehead atoms. The van der Waals surface area contributed by atoms with Crippen LogP contribution in [0.4, 0.5) is 5.69 Å². The minimum Gasteiger partial charge on any atom is -0.398 e. The number of thioether (sulfide) groups is 1. The number of rotatable bonds is 5. The summed E-state index contributed by atoms with van der Waals surface area (Å²) in [7, 11) is -3.56. The lowest BCUT2D eigenvalue weighted by Crippen LogP contribution is -2.45. The Labute approximate surface area is 112 Å². The maximum atomic E-state index is 12.1. The molecule has 3 N–H and O–H groups in total. The Bertz CT molecular complexity index is 521. The van der Waals surface area contributed by atoms with E-state index in [2.05, 4.69) is 9.71 Å². The smallest absolute Gasteiger partial charge is 0.244 e. The lowest BCUT2D eigenvalue weighted by molar-refractivity contribution is 0.362. The Kier molecular flexibility index (Phi) is 3.84. The van der Waals surface area contributed by atoms with Gasteiger partial charge in [-0.05, 0) is 25.2 Å². The van der Waals surface area contributed by atoms with Crippen LogP contribution in [0.15, 0.2) is 23.4 Å². The number of hydrogen-bond donors (Lipinski definition) is 2. The molecule has 1 heterocycles. The van der Waals surface area contributed by atoms with Gasteiger partial charge >= 0.3 is 0 Å². The van der Waals surface area contributed by atoms with Gasteiger partial charge in [0.15, 0.2) is 0 Å². The average Bonchev–Trinajstić information content (AvgIpc) is 2.28. The fourth-order valence-electron chi connectivity index (χ4n) is 1.94. The Balaban J connectivity index is 2.11. The maximum Gasteiger partial charge on any atom is 0.244 e. The number of pyridine rings is 1. The normalized spacial score (nSPS) is 18.3. The molecule has 1 fully saturated rings. The van der Waals surface area contributed by atoms with E-state index < -0.39 is 10.0 Å². The van der Waals surface area contributed by atoms with Crippen molar-refractivity contribution < 1.29 is 8.42 Å². The molecule has 1 aromatic heterocycles. The molecule has 0 aliphatic heterocycles. The molecule has 0 amide bonds. The predicted molar refractivity (Wildman–Crippen MR) is 73.9 cm³/mol. The van der Waals surface area contributed by atoms with Crippen LogP contribution in [0.1, 0.15) is 19.3 Å². The van der Waals surface area contributed by atoms with E-state index in [-0.39, 0.29) is 15.3 Å². The first kappa shape index (κ1) is 13.6. The zero-order chi connectivity index (χ0) is 13.2. The van der Waals surface area contributed by atoms with Crippen molar-refractivity contribution in [1.29, 1.82) is 0 Å². The summed E-state index contributed by atoms with van der Waals surface area (Å²) in [6, 6.07) is 1.49. The van der Waals surface area contributed by atoms with Crippen LogP contribution >= 0.6 is 11.8 Å². The number of nitrogens with zero attached hydrogens (tertiary/aromatic N) is 1. The second kappa shape index (κ2) is 5.07. The van der Waals surface area contributed by atoms with Crippen LogP contribution in [-0.2, 0) is 10.0 Å². The molecule has 1 saturated carbocycles. The summed E-state index contributed by atoms with van der Waals surface area (Å²) in [5.74, 6) is 0. The third-order valence-corrected chi connectivity index (χ3v) is 6.25. The van der Waals surface area contributed by atoms with Gasteiger partial charge in [-0.2, -0.15) is 11.8 Å². The summed E-state index contributed by atoms with van der Waals surface area (Å²) >= 11 is 1.73. The molecule has 5 nitrogen and oxygen atoms in total. The molecule has 2 rings (SSSR count). The zero-order valence-electron chi connectivity index (χ0n) is 10.2. The number of anilines is 1. The molecule has 1 aromatic rings. The molecule has 0 spiro atoms. The van der Waals surface area contributed by atoms with Crippen LogP contribution in [0.3, 0.4) is 0 Å². The van der Waals surface area contributed by atoms with Crippen LogP contribution in [0.2, 0.25) is 0 Å². The molecule has 7 heteroatoms. The first-order valence-electron chi connectivity index (χ1n) is 5.73. The average molecular weight is 287 g/mol. The third kappa shape index (κ3) is 2.62. The van der Waals surface area contributed by atoms with Crippen molar-refractivity contribution in [3.63, 3.8) is 0 Å². The minimum absolute atomic E-state index is 0.0561. The largest absolute Gasteiger partial charge is 0.398 e. The van der Waals surface area contributed by atoms with Crippen molar-refractivity contribution in [2.45, 2.75) is 28.9 Å². The molecule has 0 aromatic carbocycles. The zero-order valence-corrected chi connectivity index (χ0v) is 11.9. The van der Waals surface area contributed by atoms with Gasteiger partial charge in [0.2, 0.25) is 10.0 Å².